The van der Waals surface area contributed by atoms with E-state index in [2.05, 4.69) is 38.2 Å². The van der Waals surface area contributed by atoms with E-state index in [0.717, 1.165) is 44.9 Å². The molecule has 0 saturated carbocycles. The molecule has 2 atom stereocenters. The largest absolute Gasteiger partial charge is 0.472 e. The van der Waals surface area contributed by atoms with Gasteiger partial charge in [-0.15, -0.1) is 0 Å². The fourth-order valence-corrected chi connectivity index (χ4v) is 14.2. The van der Waals surface area contributed by atoms with Gasteiger partial charge in [0.2, 0.25) is 0 Å². The van der Waals surface area contributed by atoms with Gasteiger partial charge in [-0.05, 0) is 44.9 Å². The monoisotopic (exact) mass is 1380 g/mol. The van der Waals surface area contributed by atoms with E-state index >= 15 is 0 Å². The van der Waals surface area contributed by atoms with Crippen molar-refractivity contribution in [3.05, 3.63) is 24.3 Å². The molecule has 570 valence electrons. The number of carbonyl (C=O) groups is 2. The number of ether oxygens (including phenoxy) is 2. The van der Waals surface area contributed by atoms with E-state index < -0.39 is 26.5 Å². The topological polar surface area (TPSA) is 108 Å². The summed E-state index contributed by atoms with van der Waals surface area (Å²) in [5, 5.41) is 0. The lowest BCUT2D eigenvalue weighted by atomic mass is 10.0. The van der Waals surface area contributed by atoms with Crippen LogP contribution < -0.4 is 0 Å². The standard InChI is InChI=1S/C86H168NO8P/c1-6-8-10-12-14-16-18-20-22-24-26-28-30-32-34-36-38-39-40-41-42-43-44-45-46-47-49-51-53-55-57-59-61-63-65-67-69-71-73-75-77-79-86(89)95-84(83-94-96(90,91)93-81-80-87(3,4)5)82-92-85(88)78-76-74-72-70-68-66-64-62-60-58-56-54-52-50-48-37-35-33-31-29-27-25-23-21-19-17-15-13-11-9-7-2/h18,20,24,26,84H,6-17,19,21-23,25,27-83H2,1-5H3/p+1/b20-18-,26-24-. The zero-order valence-corrected chi connectivity index (χ0v) is 66.3. The maximum absolute atomic E-state index is 12.9. The summed E-state index contributed by atoms with van der Waals surface area (Å²) in [4.78, 5) is 36.0. The van der Waals surface area contributed by atoms with Crippen molar-refractivity contribution in [1.29, 1.82) is 0 Å². The van der Waals surface area contributed by atoms with Crippen LogP contribution >= 0.6 is 7.82 Å². The maximum atomic E-state index is 12.9. The molecule has 0 bridgehead atoms. The van der Waals surface area contributed by atoms with Gasteiger partial charge < -0.3 is 18.9 Å². The molecule has 9 nitrogen and oxygen atoms in total. The van der Waals surface area contributed by atoms with Gasteiger partial charge in [0.05, 0.1) is 27.7 Å². The Morgan fingerprint density at radius 1 is 0.323 bits per heavy atom. The number of likely N-dealkylation sites (N-methyl/N-ethyl adjacent to an activating group) is 1. The van der Waals surface area contributed by atoms with Crippen molar-refractivity contribution in [3.8, 4) is 0 Å². The molecule has 0 aliphatic rings. The van der Waals surface area contributed by atoms with Gasteiger partial charge in [-0.25, -0.2) is 4.57 Å². The molecule has 2 unspecified atom stereocenters. The average molecular weight is 1380 g/mol. The van der Waals surface area contributed by atoms with Gasteiger partial charge in [0.15, 0.2) is 6.10 Å². The van der Waals surface area contributed by atoms with Crippen molar-refractivity contribution >= 4 is 19.8 Å². The maximum Gasteiger partial charge on any atom is 0.472 e. The minimum Gasteiger partial charge on any atom is -0.462 e. The second-order valence-corrected chi connectivity index (χ2v) is 32.4. The van der Waals surface area contributed by atoms with E-state index in [1.165, 1.54) is 392 Å². The first kappa shape index (κ1) is 94.5. The van der Waals surface area contributed by atoms with Crippen LogP contribution in [0, 0.1) is 0 Å². The molecule has 0 fully saturated rings. The molecule has 0 radical (unpaired) electrons. The van der Waals surface area contributed by atoms with Gasteiger partial charge >= 0.3 is 19.8 Å². The number of allylic oxidation sites excluding steroid dienone is 4. The summed E-state index contributed by atoms with van der Waals surface area (Å²) in [5.74, 6) is -0.766. The predicted octanol–water partition coefficient (Wildman–Crippen LogP) is 28.7. The van der Waals surface area contributed by atoms with Gasteiger partial charge in [-0.3, -0.25) is 18.6 Å². The lowest BCUT2D eigenvalue weighted by Gasteiger charge is -2.24. The molecular formula is C86H169NO8P+. The second-order valence-electron chi connectivity index (χ2n) is 30.9. The Morgan fingerprint density at radius 2 is 0.562 bits per heavy atom. The van der Waals surface area contributed by atoms with E-state index in [0.29, 0.717) is 17.4 Å². The number of nitrogens with zero attached hydrogens (tertiary/aromatic N) is 1. The summed E-state index contributed by atoms with van der Waals surface area (Å²) >= 11 is 0. The molecule has 0 heterocycles. The number of unbranched alkanes of at least 4 members (excludes halogenated alkanes) is 64. The Hall–Kier alpha value is -1.51. The van der Waals surface area contributed by atoms with E-state index in [-0.39, 0.29) is 25.6 Å². The zero-order valence-electron chi connectivity index (χ0n) is 65.4. The highest BCUT2D eigenvalue weighted by molar-refractivity contribution is 7.47. The van der Waals surface area contributed by atoms with Crippen LogP contribution in [-0.2, 0) is 32.7 Å². The Kier molecular flexibility index (Phi) is 76.4. The lowest BCUT2D eigenvalue weighted by Crippen LogP contribution is -2.37. The Labute approximate surface area is 599 Å². The van der Waals surface area contributed by atoms with Crippen LogP contribution in [0.2, 0.25) is 0 Å². The van der Waals surface area contributed by atoms with Crippen LogP contribution in [0.3, 0.4) is 0 Å². The molecule has 0 spiro atoms. The fraction of sp³-hybridized carbons (Fsp3) is 0.930. The van der Waals surface area contributed by atoms with Crippen LogP contribution in [0.25, 0.3) is 0 Å². The Bertz CT molecular complexity index is 1660. The van der Waals surface area contributed by atoms with Crippen LogP contribution in [-0.4, -0.2) is 74.9 Å². The first-order valence-corrected chi connectivity index (χ1v) is 44.6. The third-order valence-electron chi connectivity index (χ3n) is 20.0. The quantitative estimate of drug-likeness (QED) is 0.0211. The van der Waals surface area contributed by atoms with Gasteiger partial charge in [0.1, 0.15) is 19.8 Å². The smallest absolute Gasteiger partial charge is 0.462 e. The fourth-order valence-electron chi connectivity index (χ4n) is 13.4. The number of esters is 2. The van der Waals surface area contributed by atoms with Gasteiger partial charge in [0, 0.05) is 12.8 Å². The van der Waals surface area contributed by atoms with Crippen molar-refractivity contribution < 1.29 is 42.1 Å². The first-order valence-electron chi connectivity index (χ1n) is 43.1. The minimum atomic E-state index is -4.39. The number of quaternary nitrogens is 1. The summed E-state index contributed by atoms with van der Waals surface area (Å²) < 4.78 is 34.9. The van der Waals surface area contributed by atoms with Crippen LogP contribution in [0.5, 0.6) is 0 Å². The molecule has 0 aromatic rings. The molecule has 0 aliphatic heterocycles. The molecule has 0 aromatic heterocycles. The SMILES string of the molecule is CCCCCCC/C=C\C/C=C\CCCCCCCCCCCCCCCCCCCCCCCCCCCCCCCC(=O)OC(COC(=O)CCCCCCCCCCCCCCCCCCCCCCCCCCCCCCCCC)COP(=O)(O)OCC[N+](C)(C)C. The van der Waals surface area contributed by atoms with Gasteiger partial charge in [0.25, 0.3) is 0 Å². The van der Waals surface area contributed by atoms with E-state index in [4.69, 9.17) is 18.5 Å². The molecule has 10 heteroatoms. The molecular weight excluding hydrogens is 1210 g/mol. The third kappa shape index (κ3) is 81.5. The molecule has 0 rings (SSSR count). The van der Waals surface area contributed by atoms with Crippen molar-refractivity contribution in [3.63, 3.8) is 0 Å². The van der Waals surface area contributed by atoms with Crippen molar-refractivity contribution in [2.75, 3.05) is 47.5 Å². The summed E-state index contributed by atoms with van der Waals surface area (Å²) in [6.07, 6.45) is 101. The third-order valence-corrected chi connectivity index (χ3v) is 21.0. The highest BCUT2D eigenvalue weighted by Crippen LogP contribution is 2.43. The number of hydrogen-bond acceptors (Lipinski definition) is 7. The molecule has 0 amide bonds. The number of hydrogen-bond donors (Lipinski definition) is 1. The molecule has 96 heavy (non-hydrogen) atoms. The first-order chi connectivity index (χ1) is 47.0. The minimum absolute atomic E-state index is 0.0368. The summed E-state index contributed by atoms with van der Waals surface area (Å²) in [5.41, 5.74) is 0. The number of rotatable bonds is 82. The van der Waals surface area contributed by atoms with E-state index in [9.17, 15) is 19.0 Å². The van der Waals surface area contributed by atoms with Crippen molar-refractivity contribution in [2.24, 2.45) is 0 Å². The zero-order chi connectivity index (χ0) is 69.7. The molecule has 0 aliphatic carbocycles. The van der Waals surface area contributed by atoms with Crippen LogP contribution in [0.4, 0.5) is 0 Å². The van der Waals surface area contributed by atoms with Gasteiger partial charge in [-0.2, -0.15) is 0 Å². The lowest BCUT2D eigenvalue weighted by molar-refractivity contribution is -0.870. The average Bonchev–Trinajstić information content (AvgIpc) is 2.54. The summed E-state index contributed by atoms with van der Waals surface area (Å²) in [7, 11) is 1.51. The summed E-state index contributed by atoms with van der Waals surface area (Å²) in [6, 6.07) is 0. The van der Waals surface area contributed by atoms with Crippen LogP contribution in [0.1, 0.15) is 463 Å². The van der Waals surface area contributed by atoms with E-state index in [1.54, 1.807) is 0 Å². The summed E-state index contributed by atoms with van der Waals surface area (Å²) in [6.45, 7) is 4.52. The number of carbonyl (C=O) groups excluding carboxylic acids is 2. The Morgan fingerprint density at radius 3 is 0.823 bits per heavy atom. The van der Waals surface area contributed by atoms with Crippen molar-refractivity contribution in [1.82, 2.24) is 0 Å². The second kappa shape index (κ2) is 77.6. The molecule has 0 saturated heterocycles. The van der Waals surface area contributed by atoms with Crippen molar-refractivity contribution in [2.45, 2.75) is 469 Å². The highest BCUT2D eigenvalue weighted by Gasteiger charge is 2.27. The number of phosphoric acid groups is 1. The molecule has 0 aromatic carbocycles. The van der Waals surface area contributed by atoms with Gasteiger partial charge in [-0.1, -0.05) is 430 Å². The number of phosphoric ester groups is 1. The Balaban J connectivity index is 3.84. The van der Waals surface area contributed by atoms with E-state index in [1.807, 2.05) is 21.1 Å². The predicted molar refractivity (Wildman–Crippen MR) is 418 cm³/mol. The normalized spacial score (nSPS) is 13.0. The highest BCUT2D eigenvalue weighted by atomic mass is 31.2. The van der Waals surface area contributed by atoms with Crippen LogP contribution in [0.15, 0.2) is 24.3 Å². The molecule has 1 N–H and O–H groups in total.